The number of aromatic amines is 1. The lowest BCUT2D eigenvalue weighted by atomic mass is 10.1. The highest BCUT2D eigenvalue weighted by molar-refractivity contribution is 5.87. The van der Waals surface area contributed by atoms with E-state index >= 15 is 0 Å². The standard InChI is InChI=1S/C24H16F3N5O/c25-24(26,27)17-5-3-6-18(12-17)29-23-30-22(31-32-23)15-8-10-19(11-9-15)33-21-14-28-13-16-4-1-2-7-20(16)21/h1-14H,(H2,29,30,31,32). The van der Waals surface area contributed by atoms with Gasteiger partial charge < -0.3 is 10.1 Å². The Kier molecular flexibility index (Phi) is 5.14. The predicted molar refractivity (Wildman–Crippen MR) is 118 cm³/mol. The highest BCUT2D eigenvalue weighted by Gasteiger charge is 2.30. The number of nitrogens with zero attached hydrogens (tertiary/aromatic N) is 3. The van der Waals surface area contributed by atoms with E-state index in [0.29, 0.717) is 17.3 Å². The molecule has 2 heterocycles. The second-order valence-corrected chi connectivity index (χ2v) is 7.20. The number of fused-ring (bicyclic) bond motifs is 1. The minimum absolute atomic E-state index is 0.159. The minimum Gasteiger partial charge on any atom is -0.455 e. The topological polar surface area (TPSA) is 75.7 Å². The van der Waals surface area contributed by atoms with Gasteiger partial charge in [-0.3, -0.25) is 10.1 Å². The smallest absolute Gasteiger partial charge is 0.416 e. The maximum absolute atomic E-state index is 12.9. The van der Waals surface area contributed by atoms with E-state index in [0.717, 1.165) is 28.5 Å². The molecule has 0 aliphatic carbocycles. The number of pyridine rings is 1. The fraction of sp³-hybridized carbons (Fsp3) is 0.0417. The van der Waals surface area contributed by atoms with E-state index in [9.17, 15) is 13.2 Å². The van der Waals surface area contributed by atoms with Crippen LogP contribution in [-0.2, 0) is 6.18 Å². The van der Waals surface area contributed by atoms with Gasteiger partial charge in [0.1, 0.15) is 5.75 Å². The Balaban J connectivity index is 1.31. The van der Waals surface area contributed by atoms with Gasteiger partial charge in [-0.05, 0) is 42.5 Å². The molecule has 0 amide bonds. The minimum atomic E-state index is -4.42. The molecule has 164 valence electrons. The Labute approximate surface area is 186 Å². The summed E-state index contributed by atoms with van der Waals surface area (Å²) in [7, 11) is 0. The summed E-state index contributed by atoms with van der Waals surface area (Å²) in [5.74, 6) is 1.89. The van der Waals surface area contributed by atoms with Crippen molar-refractivity contribution in [3.05, 3.63) is 90.8 Å². The molecule has 0 unspecified atom stereocenters. The van der Waals surface area contributed by atoms with Crippen molar-refractivity contribution in [3.8, 4) is 22.9 Å². The van der Waals surface area contributed by atoms with Gasteiger partial charge in [-0.1, -0.05) is 30.3 Å². The van der Waals surface area contributed by atoms with E-state index < -0.39 is 11.7 Å². The van der Waals surface area contributed by atoms with Crippen LogP contribution in [0.3, 0.4) is 0 Å². The third-order valence-corrected chi connectivity index (χ3v) is 4.92. The fourth-order valence-electron chi connectivity index (χ4n) is 3.33. The van der Waals surface area contributed by atoms with Crippen molar-refractivity contribution in [2.45, 2.75) is 6.18 Å². The third-order valence-electron chi connectivity index (χ3n) is 4.92. The molecule has 9 heteroatoms. The number of anilines is 2. The first kappa shape index (κ1) is 20.5. The summed E-state index contributed by atoms with van der Waals surface area (Å²) >= 11 is 0. The van der Waals surface area contributed by atoms with Crippen LogP contribution in [0, 0.1) is 0 Å². The van der Waals surface area contributed by atoms with Crippen LogP contribution in [0.25, 0.3) is 22.2 Å². The van der Waals surface area contributed by atoms with Crippen molar-refractivity contribution in [1.29, 1.82) is 0 Å². The Bertz CT molecular complexity index is 1410. The zero-order chi connectivity index (χ0) is 22.8. The number of alkyl halides is 3. The van der Waals surface area contributed by atoms with Crippen molar-refractivity contribution in [2.75, 3.05) is 5.32 Å². The van der Waals surface area contributed by atoms with Crippen molar-refractivity contribution >= 4 is 22.4 Å². The highest BCUT2D eigenvalue weighted by Crippen LogP contribution is 2.32. The number of aromatic nitrogens is 4. The van der Waals surface area contributed by atoms with Gasteiger partial charge in [-0.15, -0.1) is 5.10 Å². The largest absolute Gasteiger partial charge is 0.455 e. The van der Waals surface area contributed by atoms with Crippen molar-refractivity contribution in [2.24, 2.45) is 0 Å². The lowest BCUT2D eigenvalue weighted by molar-refractivity contribution is -0.137. The molecule has 2 N–H and O–H groups in total. The van der Waals surface area contributed by atoms with Gasteiger partial charge in [0.2, 0.25) is 5.95 Å². The number of nitrogens with one attached hydrogen (secondary N) is 2. The van der Waals surface area contributed by atoms with Gasteiger partial charge in [0.15, 0.2) is 11.6 Å². The summed E-state index contributed by atoms with van der Waals surface area (Å²) in [4.78, 5) is 8.52. The fourth-order valence-corrected chi connectivity index (χ4v) is 3.33. The molecule has 0 aliphatic heterocycles. The SMILES string of the molecule is FC(F)(F)c1cccc(Nc2n[nH]c(-c3ccc(Oc4cncc5ccccc45)cc3)n2)c1. The number of benzene rings is 3. The molecular weight excluding hydrogens is 431 g/mol. The number of rotatable bonds is 5. The molecule has 0 atom stereocenters. The van der Waals surface area contributed by atoms with Crippen molar-refractivity contribution < 1.29 is 17.9 Å². The first-order valence-corrected chi connectivity index (χ1v) is 9.93. The summed E-state index contributed by atoms with van der Waals surface area (Å²) in [5.41, 5.74) is 0.228. The molecule has 3 aromatic carbocycles. The van der Waals surface area contributed by atoms with E-state index in [1.54, 1.807) is 24.5 Å². The van der Waals surface area contributed by atoms with E-state index in [-0.39, 0.29) is 11.6 Å². The summed E-state index contributed by atoms with van der Waals surface area (Å²) in [6, 6.07) is 19.9. The van der Waals surface area contributed by atoms with Crippen LogP contribution in [0.4, 0.5) is 24.8 Å². The van der Waals surface area contributed by atoms with Crippen LogP contribution in [0.2, 0.25) is 0 Å². The van der Waals surface area contributed by atoms with Crippen LogP contribution in [-0.4, -0.2) is 20.2 Å². The Morgan fingerprint density at radius 1 is 0.879 bits per heavy atom. The quantitative estimate of drug-likeness (QED) is 0.319. The Morgan fingerprint density at radius 2 is 1.70 bits per heavy atom. The molecule has 0 bridgehead atoms. The van der Waals surface area contributed by atoms with Crippen LogP contribution >= 0.6 is 0 Å². The maximum atomic E-state index is 12.9. The van der Waals surface area contributed by atoms with Crippen molar-refractivity contribution in [3.63, 3.8) is 0 Å². The van der Waals surface area contributed by atoms with Gasteiger partial charge in [0.25, 0.3) is 0 Å². The molecule has 5 rings (SSSR count). The molecule has 5 aromatic rings. The zero-order valence-electron chi connectivity index (χ0n) is 17.0. The predicted octanol–water partition coefficient (Wildman–Crippen LogP) is 6.57. The van der Waals surface area contributed by atoms with Gasteiger partial charge in [-0.2, -0.15) is 18.2 Å². The zero-order valence-corrected chi connectivity index (χ0v) is 17.0. The monoisotopic (exact) mass is 447 g/mol. The summed E-state index contributed by atoms with van der Waals surface area (Å²) in [5, 5.41) is 11.5. The summed E-state index contributed by atoms with van der Waals surface area (Å²) in [6.45, 7) is 0. The molecule has 2 aromatic heterocycles. The number of hydrogen-bond acceptors (Lipinski definition) is 5. The molecule has 0 saturated heterocycles. The molecule has 0 radical (unpaired) electrons. The van der Waals surface area contributed by atoms with Gasteiger partial charge in [-0.25, -0.2) is 0 Å². The highest BCUT2D eigenvalue weighted by atomic mass is 19.4. The molecule has 0 aliphatic rings. The molecule has 33 heavy (non-hydrogen) atoms. The molecule has 0 spiro atoms. The third kappa shape index (κ3) is 4.47. The van der Waals surface area contributed by atoms with Gasteiger partial charge in [0, 0.05) is 28.2 Å². The summed E-state index contributed by atoms with van der Waals surface area (Å²) < 4.78 is 44.7. The van der Waals surface area contributed by atoms with Gasteiger partial charge >= 0.3 is 6.18 Å². The normalized spacial score (nSPS) is 11.5. The lowest BCUT2D eigenvalue weighted by Crippen LogP contribution is -2.05. The molecule has 6 nitrogen and oxygen atoms in total. The van der Waals surface area contributed by atoms with Gasteiger partial charge in [0.05, 0.1) is 11.8 Å². The van der Waals surface area contributed by atoms with Crippen LogP contribution in [0.1, 0.15) is 5.56 Å². The second kappa shape index (κ2) is 8.27. The number of hydrogen-bond donors (Lipinski definition) is 2. The second-order valence-electron chi connectivity index (χ2n) is 7.20. The summed E-state index contributed by atoms with van der Waals surface area (Å²) in [6.07, 6.45) is -0.980. The van der Waals surface area contributed by atoms with E-state index in [2.05, 4.69) is 25.5 Å². The number of ether oxygens (including phenoxy) is 1. The average Bonchev–Trinajstić information content (AvgIpc) is 3.28. The first-order chi connectivity index (χ1) is 16.0. The van der Waals surface area contributed by atoms with Crippen LogP contribution in [0.5, 0.6) is 11.5 Å². The Hall–Kier alpha value is -4.40. The molecular formula is C24H16F3N5O. The van der Waals surface area contributed by atoms with E-state index in [4.69, 9.17) is 4.74 Å². The Morgan fingerprint density at radius 3 is 2.52 bits per heavy atom. The number of H-pyrrole nitrogens is 1. The van der Waals surface area contributed by atoms with Crippen LogP contribution in [0.15, 0.2) is 85.2 Å². The van der Waals surface area contributed by atoms with E-state index in [1.807, 2.05) is 36.4 Å². The lowest BCUT2D eigenvalue weighted by Gasteiger charge is -2.09. The maximum Gasteiger partial charge on any atom is 0.416 e. The van der Waals surface area contributed by atoms with Crippen molar-refractivity contribution in [1.82, 2.24) is 20.2 Å². The van der Waals surface area contributed by atoms with Crippen LogP contribution < -0.4 is 10.1 Å². The molecule has 0 saturated carbocycles. The van der Waals surface area contributed by atoms with E-state index in [1.165, 1.54) is 12.1 Å². The molecule has 0 fully saturated rings. The number of halogens is 3. The average molecular weight is 447 g/mol. The first-order valence-electron chi connectivity index (χ1n) is 9.93.